The molecule has 0 bridgehead atoms. The van der Waals surface area contributed by atoms with Gasteiger partial charge in [0.2, 0.25) is 10.0 Å². The molecule has 0 heterocycles. The van der Waals surface area contributed by atoms with Crippen LogP contribution in [-0.4, -0.2) is 8.42 Å². The highest BCUT2D eigenvalue weighted by Crippen LogP contribution is 2.34. The highest BCUT2D eigenvalue weighted by molar-refractivity contribution is 7.89. The molecule has 0 saturated carbocycles. The molecule has 0 fully saturated rings. The fourth-order valence-corrected chi connectivity index (χ4v) is 2.48. The van der Waals surface area contributed by atoms with Crippen molar-refractivity contribution in [2.45, 2.75) is 24.7 Å². The van der Waals surface area contributed by atoms with Crippen molar-refractivity contribution in [1.82, 2.24) is 0 Å². The van der Waals surface area contributed by atoms with Gasteiger partial charge in [-0.1, -0.05) is 32.0 Å². The number of ether oxygens (including phenoxy) is 1. The maximum absolute atomic E-state index is 11.4. The summed E-state index contributed by atoms with van der Waals surface area (Å²) in [5, 5.41) is 5.12. The van der Waals surface area contributed by atoms with Gasteiger partial charge in [-0.05, 0) is 29.7 Å². The summed E-state index contributed by atoms with van der Waals surface area (Å²) < 4.78 is 28.6. The Kier molecular flexibility index (Phi) is 4.20. The molecule has 2 aromatic rings. The Balaban J connectivity index is 2.45. The third-order valence-corrected chi connectivity index (χ3v) is 3.99. The van der Waals surface area contributed by atoms with Gasteiger partial charge in [0.1, 0.15) is 5.75 Å². The first kappa shape index (κ1) is 15.3. The molecule has 21 heavy (non-hydrogen) atoms. The molecule has 0 aliphatic carbocycles. The van der Waals surface area contributed by atoms with E-state index in [-0.39, 0.29) is 16.6 Å². The lowest BCUT2D eigenvalue weighted by molar-refractivity contribution is 0.473. The quantitative estimate of drug-likeness (QED) is 0.849. The molecule has 0 unspecified atom stereocenters. The van der Waals surface area contributed by atoms with E-state index in [1.165, 1.54) is 18.2 Å². The summed E-state index contributed by atoms with van der Waals surface area (Å²) >= 11 is 0. The Hall–Kier alpha value is -2.05. The molecule has 0 aromatic heterocycles. The molecule has 5 nitrogen and oxygen atoms in total. The molecule has 0 amide bonds. The van der Waals surface area contributed by atoms with E-state index in [4.69, 9.17) is 15.6 Å². The first-order valence-electron chi connectivity index (χ1n) is 6.48. The minimum absolute atomic E-state index is 0.0336. The normalized spacial score (nSPS) is 11.6. The Morgan fingerprint density at radius 2 is 1.71 bits per heavy atom. The van der Waals surface area contributed by atoms with Gasteiger partial charge in [0.25, 0.3) is 0 Å². The lowest BCUT2D eigenvalue weighted by Gasteiger charge is -2.15. The minimum atomic E-state index is -3.80. The van der Waals surface area contributed by atoms with Crippen LogP contribution in [0.25, 0.3) is 0 Å². The van der Waals surface area contributed by atoms with Crippen LogP contribution < -0.4 is 15.6 Å². The van der Waals surface area contributed by atoms with Crippen LogP contribution >= 0.6 is 0 Å². The molecule has 0 aliphatic heterocycles. The van der Waals surface area contributed by atoms with Crippen LogP contribution in [0.15, 0.2) is 47.4 Å². The number of anilines is 1. The third-order valence-electron chi connectivity index (χ3n) is 3.07. The first-order chi connectivity index (χ1) is 9.79. The summed E-state index contributed by atoms with van der Waals surface area (Å²) in [7, 11) is -3.80. The minimum Gasteiger partial charge on any atom is -0.455 e. The number of sulfonamides is 1. The number of primary sulfonamides is 1. The van der Waals surface area contributed by atoms with Crippen molar-refractivity contribution in [2.24, 2.45) is 5.14 Å². The fraction of sp³-hybridized carbons (Fsp3) is 0.200. The largest absolute Gasteiger partial charge is 0.455 e. The topological polar surface area (TPSA) is 95.4 Å². The van der Waals surface area contributed by atoms with E-state index in [0.717, 1.165) is 5.56 Å². The van der Waals surface area contributed by atoms with Crippen molar-refractivity contribution in [2.75, 3.05) is 5.73 Å². The number of nitrogen functional groups attached to an aromatic ring is 1. The number of nitrogens with two attached hydrogens (primary N) is 2. The summed E-state index contributed by atoms with van der Waals surface area (Å²) in [6, 6.07) is 11.7. The molecule has 2 aromatic carbocycles. The van der Waals surface area contributed by atoms with Gasteiger partial charge in [-0.2, -0.15) is 0 Å². The van der Waals surface area contributed by atoms with Crippen LogP contribution in [0.3, 0.4) is 0 Å². The Labute approximate surface area is 124 Å². The molecule has 2 rings (SSSR count). The van der Waals surface area contributed by atoms with Gasteiger partial charge in [0.05, 0.1) is 10.6 Å². The van der Waals surface area contributed by atoms with Crippen LogP contribution in [0.4, 0.5) is 5.69 Å². The molecule has 0 atom stereocenters. The summed E-state index contributed by atoms with van der Waals surface area (Å²) in [5.74, 6) is 1.18. The van der Waals surface area contributed by atoms with Gasteiger partial charge < -0.3 is 10.5 Å². The van der Waals surface area contributed by atoms with Crippen LogP contribution in [-0.2, 0) is 10.0 Å². The average molecular weight is 306 g/mol. The predicted molar refractivity (Wildman–Crippen MR) is 82.8 cm³/mol. The van der Waals surface area contributed by atoms with E-state index in [2.05, 4.69) is 0 Å². The van der Waals surface area contributed by atoms with Gasteiger partial charge in [0, 0.05) is 6.07 Å². The molecular formula is C15H18N2O3S. The second kappa shape index (κ2) is 5.75. The Morgan fingerprint density at radius 1 is 1.05 bits per heavy atom. The van der Waals surface area contributed by atoms with Crippen LogP contribution in [0.5, 0.6) is 11.5 Å². The van der Waals surface area contributed by atoms with E-state index < -0.39 is 10.0 Å². The summed E-state index contributed by atoms with van der Waals surface area (Å²) in [6.45, 7) is 4.10. The fourth-order valence-electron chi connectivity index (χ4n) is 1.95. The Bertz CT molecular complexity index is 755. The zero-order chi connectivity index (χ0) is 15.6. The van der Waals surface area contributed by atoms with Crippen LogP contribution in [0.2, 0.25) is 0 Å². The molecule has 6 heteroatoms. The summed E-state index contributed by atoms with van der Waals surface area (Å²) in [6.07, 6.45) is 0. The van der Waals surface area contributed by atoms with Crippen molar-refractivity contribution in [3.05, 3.63) is 48.0 Å². The number of para-hydroxylation sites is 1. The standard InChI is InChI=1S/C15H18N2O3S/c1-10(2)12-5-3-4-6-14(12)20-15-9-11(21(17,18)19)7-8-13(15)16/h3-10H,16H2,1-2H3,(H2,17,18,19). The maximum atomic E-state index is 11.4. The van der Waals surface area contributed by atoms with Gasteiger partial charge >= 0.3 is 0 Å². The molecule has 4 N–H and O–H groups in total. The molecule has 0 spiro atoms. The van der Waals surface area contributed by atoms with Crippen LogP contribution in [0.1, 0.15) is 25.3 Å². The molecular weight excluding hydrogens is 288 g/mol. The SMILES string of the molecule is CC(C)c1ccccc1Oc1cc(S(N)(=O)=O)ccc1N. The number of hydrogen-bond acceptors (Lipinski definition) is 4. The molecule has 0 aliphatic rings. The highest BCUT2D eigenvalue weighted by atomic mass is 32.2. The van der Waals surface area contributed by atoms with Crippen molar-refractivity contribution in [3.8, 4) is 11.5 Å². The summed E-state index contributed by atoms with van der Waals surface area (Å²) in [5.41, 5.74) is 7.21. The lowest BCUT2D eigenvalue weighted by Crippen LogP contribution is -2.12. The van der Waals surface area contributed by atoms with Gasteiger partial charge in [-0.15, -0.1) is 0 Å². The maximum Gasteiger partial charge on any atom is 0.238 e. The number of rotatable bonds is 4. The predicted octanol–water partition coefficient (Wildman–Crippen LogP) is 2.83. The van der Waals surface area contributed by atoms with E-state index in [1.54, 1.807) is 0 Å². The zero-order valence-corrected chi connectivity index (χ0v) is 12.7. The third kappa shape index (κ3) is 3.53. The zero-order valence-electron chi connectivity index (χ0n) is 11.9. The first-order valence-corrected chi connectivity index (χ1v) is 8.03. The summed E-state index contributed by atoms with van der Waals surface area (Å²) in [4.78, 5) is -0.0336. The average Bonchev–Trinajstić information content (AvgIpc) is 2.40. The Morgan fingerprint density at radius 3 is 2.33 bits per heavy atom. The van der Waals surface area contributed by atoms with Gasteiger partial charge in [-0.25, -0.2) is 13.6 Å². The number of benzene rings is 2. The monoisotopic (exact) mass is 306 g/mol. The molecule has 0 radical (unpaired) electrons. The van der Waals surface area contributed by atoms with Gasteiger partial charge in [0.15, 0.2) is 5.75 Å². The van der Waals surface area contributed by atoms with E-state index >= 15 is 0 Å². The van der Waals surface area contributed by atoms with E-state index in [1.807, 2.05) is 38.1 Å². The van der Waals surface area contributed by atoms with Crippen LogP contribution in [0, 0.1) is 0 Å². The van der Waals surface area contributed by atoms with Gasteiger partial charge in [-0.3, -0.25) is 0 Å². The van der Waals surface area contributed by atoms with E-state index in [9.17, 15) is 8.42 Å². The molecule has 0 saturated heterocycles. The van der Waals surface area contributed by atoms with Crippen molar-refractivity contribution in [1.29, 1.82) is 0 Å². The van der Waals surface area contributed by atoms with E-state index in [0.29, 0.717) is 11.4 Å². The highest BCUT2D eigenvalue weighted by Gasteiger charge is 2.14. The molecule has 112 valence electrons. The van der Waals surface area contributed by atoms with Crippen molar-refractivity contribution in [3.63, 3.8) is 0 Å². The smallest absolute Gasteiger partial charge is 0.238 e. The van der Waals surface area contributed by atoms with Crippen molar-refractivity contribution < 1.29 is 13.2 Å². The number of hydrogen-bond donors (Lipinski definition) is 2. The lowest BCUT2D eigenvalue weighted by atomic mass is 10.0. The van der Waals surface area contributed by atoms with Crippen molar-refractivity contribution >= 4 is 15.7 Å². The second-order valence-electron chi connectivity index (χ2n) is 5.04. The second-order valence-corrected chi connectivity index (χ2v) is 6.60.